The van der Waals surface area contributed by atoms with Gasteiger partial charge in [0.25, 0.3) is 0 Å². The fourth-order valence-electron chi connectivity index (χ4n) is 3.77. The Balaban J connectivity index is 1.47. The van der Waals surface area contributed by atoms with Crippen molar-refractivity contribution in [2.24, 2.45) is 0 Å². The molecule has 142 valence electrons. The Kier molecular flexibility index (Phi) is 6.14. The highest BCUT2D eigenvalue weighted by atomic mass is 16.2. The van der Waals surface area contributed by atoms with Crippen LogP contribution in [0.4, 0.5) is 5.69 Å². The van der Waals surface area contributed by atoms with Crippen molar-refractivity contribution in [3.63, 3.8) is 0 Å². The largest absolute Gasteiger partial charge is 0.368 e. The maximum Gasteiger partial charge on any atom is 0.236 e. The van der Waals surface area contributed by atoms with E-state index in [0.717, 1.165) is 58.8 Å². The van der Waals surface area contributed by atoms with Gasteiger partial charge in [0, 0.05) is 65.0 Å². The molecule has 2 amide bonds. The summed E-state index contributed by atoms with van der Waals surface area (Å²) in [5, 5.41) is 0. The Bertz CT molecular complexity index is 640. The first-order valence-electron chi connectivity index (χ1n) is 9.60. The van der Waals surface area contributed by atoms with Crippen molar-refractivity contribution in [3.8, 4) is 0 Å². The van der Waals surface area contributed by atoms with Gasteiger partial charge >= 0.3 is 0 Å². The summed E-state index contributed by atoms with van der Waals surface area (Å²) in [6, 6.07) is 8.54. The molecule has 2 aliphatic rings. The number of nitrogens with zero attached hydrogens (tertiary/aromatic N) is 4. The lowest BCUT2D eigenvalue weighted by atomic mass is 10.2. The molecule has 0 atom stereocenters. The number of amides is 2. The zero-order valence-corrected chi connectivity index (χ0v) is 16.0. The van der Waals surface area contributed by atoms with E-state index >= 15 is 0 Å². The smallest absolute Gasteiger partial charge is 0.236 e. The number of benzene rings is 1. The SMILES string of the molecule is CC(=O)N1CCCN(CC(=O)N2CCN(c3cccc(C)c3)CC2)CC1. The topological polar surface area (TPSA) is 47.1 Å². The molecular formula is C20H30N4O2. The molecule has 3 rings (SSSR count). The number of aryl methyl sites for hydroxylation is 1. The van der Waals surface area contributed by atoms with Crippen molar-refractivity contribution in [1.29, 1.82) is 0 Å². The second-order valence-corrected chi connectivity index (χ2v) is 7.34. The monoisotopic (exact) mass is 358 g/mol. The van der Waals surface area contributed by atoms with Crippen molar-refractivity contribution in [2.75, 3.05) is 63.8 Å². The van der Waals surface area contributed by atoms with Gasteiger partial charge in [-0.25, -0.2) is 0 Å². The van der Waals surface area contributed by atoms with Gasteiger partial charge in [-0.2, -0.15) is 0 Å². The van der Waals surface area contributed by atoms with Gasteiger partial charge in [0.1, 0.15) is 0 Å². The molecule has 6 nitrogen and oxygen atoms in total. The second kappa shape index (κ2) is 8.54. The van der Waals surface area contributed by atoms with Crippen LogP contribution in [0.25, 0.3) is 0 Å². The summed E-state index contributed by atoms with van der Waals surface area (Å²) in [5.74, 6) is 0.343. The number of piperazine rings is 1. The van der Waals surface area contributed by atoms with Crippen LogP contribution in [0.5, 0.6) is 0 Å². The Morgan fingerprint density at radius 2 is 1.65 bits per heavy atom. The molecule has 2 heterocycles. The van der Waals surface area contributed by atoms with Crippen molar-refractivity contribution in [1.82, 2.24) is 14.7 Å². The third kappa shape index (κ3) is 4.75. The molecule has 1 aromatic carbocycles. The molecule has 0 aliphatic carbocycles. The van der Waals surface area contributed by atoms with Gasteiger partial charge in [-0.05, 0) is 31.0 Å². The van der Waals surface area contributed by atoms with Crippen LogP contribution in [-0.4, -0.2) is 85.4 Å². The van der Waals surface area contributed by atoms with Crippen molar-refractivity contribution in [2.45, 2.75) is 20.3 Å². The number of hydrogen-bond donors (Lipinski definition) is 0. The number of carbonyl (C=O) groups excluding carboxylic acids is 2. The molecule has 2 aliphatic heterocycles. The van der Waals surface area contributed by atoms with Gasteiger partial charge in [-0.1, -0.05) is 12.1 Å². The normalized spacial score (nSPS) is 19.4. The molecular weight excluding hydrogens is 328 g/mol. The Morgan fingerprint density at radius 3 is 2.35 bits per heavy atom. The lowest BCUT2D eigenvalue weighted by Gasteiger charge is -2.37. The summed E-state index contributed by atoms with van der Waals surface area (Å²) in [5.41, 5.74) is 2.51. The highest BCUT2D eigenvalue weighted by molar-refractivity contribution is 5.78. The zero-order chi connectivity index (χ0) is 18.5. The summed E-state index contributed by atoms with van der Waals surface area (Å²) in [7, 11) is 0. The first kappa shape index (κ1) is 18.7. The standard InChI is InChI=1S/C20H30N4O2/c1-17-5-3-6-19(15-17)23-11-13-24(14-12-23)20(26)16-21-7-4-8-22(10-9-21)18(2)25/h3,5-6,15H,4,7-14,16H2,1-2H3. The van der Waals surface area contributed by atoms with Crippen LogP contribution in [0.2, 0.25) is 0 Å². The third-order valence-corrected chi connectivity index (χ3v) is 5.39. The van der Waals surface area contributed by atoms with Gasteiger partial charge in [-0.15, -0.1) is 0 Å². The highest BCUT2D eigenvalue weighted by Crippen LogP contribution is 2.18. The fourth-order valence-corrected chi connectivity index (χ4v) is 3.77. The van der Waals surface area contributed by atoms with E-state index in [1.807, 2.05) is 9.80 Å². The lowest BCUT2D eigenvalue weighted by molar-refractivity contribution is -0.132. The molecule has 2 fully saturated rings. The van der Waals surface area contributed by atoms with Crippen molar-refractivity contribution >= 4 is 17.5 Å². The molecule has 0 N–H and O–H groups in total. The van der Waals surface area contributed by atoms with Crippen LogP contribution >= 0.6 is 0 Å². The van der Waals surface area contributed by atoms with Crippen LogP contribution in [0.15, 0.2) is 24.3 Å². The van der Waals surface area contributed by atoms with Crippen LogP contribution in [0.3, 0.4) is 0 Å². The summed E-state index contributed by atoms with van der Waals surface area (Å²) >= 11 is 0. The fraction of sp³-hybridized carbons (Fsp3) is 0.600. The molecule has 2 saturated heterocycles. The van der Waals surface area contributed by atoms with Gasteiger partial charge in [0.15, 0.2) is 0 Å². The maximum absolute atomic E-state index is 12.7. The van der Waals surface area contributed by atoms with Crippen LogP contribution in [0.1, 0.15) is 18.9 Å². The van der Waals surface area contributed by atoms with E-state index < -0.39 is 0 Å². The van der Waals surface area contributed by atoms with E-state index in [0.29, 0.717) is 6.54 Å². The van der Waals surface area contributed by atoms with E-state index in [4.69, 9.17) is 0 Å². The van der Waals surface area contributed by atoms with E-state index in [1.165, 1.54) is 11.3 Å². The summed E-state index contributed by atoms with van der Waals surface area (Å²) in [6.45, 7) is 10.7. The minimum Gasteiger partial charge on any atom is -0.368 e. The number of hydrogen-bond acceptors (Lipinski definition) is 4. The number of anilines is 1. The maximum atomic E-state index is 12.7. The van der Waals surface area contributed by atoms with Gasteiger partial charge < -0.3 is 14.7 Å². The van der Waals surface area contributed by atoms with Crippen molar-refractivity contribution < 1.29 is 9.59 Å². The van der Waals surface area contributed by atoms with E-state index in [1.54, 1.807) is 6.92 Å². The lowest BCUT2D eigenvalue weighted by Crippen LogP contribution is -2.51. The Morgan fingerprint density at radius 1 is 0.923 bits per heavy atom. The molecule has 0 radical (unpaired) electrons. The first-order valence-corrected chi connectivity index (χ1v) is 9.60. The van der Waals surface area contributed by atoms with Crippen LogP contribution in [-0.2, 0) is 9.59 Å². The minimum atomic E-state index is 0.130. The predicted molar refractivity (Wildman–Crippen MR) is 103 cm³/mol. The van der Waals surface area contributed by atoms with E-state index in [-0.39, 0.29) is 11.8 Å². The summed E-state index contributed by atoms with van der Waals surface area (Å²) < 4.78 is 0. The number of rotatable bonds is 3. The van der Waals surface area contributed by atoms with Crippen LogP contribution in [0, 0.1) is 6.92 Å². The Labute approximate surface area is 156 Å². The molecule has 0 saturated carbocycles. The molecule has 0 unspecified atom stereocenters. The number of carbonyl (C=O) groups is 2. The van der Waals surface area contributed by atoms with Crippen LogP contribution < -0.4 is 4.90 Å². The minimum absolute atomic E-state index is 0.130. The second-order valence-electron chi connectivity index (χ2n) is 7.34. The molecule has 6 heteroatoms. The van der Waals surface area contributed by atoms with Gasteiger partial charge in [-0.3, -0.25) is 14.5 Å². The van der Waals surface area contributed by atoms with Gasteiger partial charge in [0.05, 0.1) is 6.54 Å². The average molecular weight is 358 g/mol. The first-order chi connectivity index (χ1) is 12.5. The molecule has 26 heavy (non-hydrogen) atoms. The van der Waals surface area contributed by atoms with Crippen molar-refractivity contribution in [3.05, 3.63) is 29.8 Å². The van der Waals surface area contributed by atoms with E-state index in [9.17, 15) is 9.59 Å². The summed E-state index contributed by atoms with van der Waals surface area (Å²) in [6.07, 6.45) is 0.938. The zero-order valence-electron chi connectivity index (χ0n) is 16.0. The third-order valence-electron chi connectivity index (χ3n) is 5.39. The van der Waals surface area contributed by atoms with E-state index in [2.05, 4.69) is 41.0 Å². The highest BCUT2D eigenvalue weighted by Gasteiger charge is 2.24. The molecule has 0 bridgehead atoms. The van der Waals surface area contributed by atoms with Gasteiger partial charge in [0.2, 0.25) is 11.8 Å². The Hall–Kier alpha value is -2.08. The average Bonchev–Trinajstić information content (AvgIpc) is 2.87. The quantitative estimate of drug-likeness (QED) is 0.815. The predicted octanol–water partition coefficient (Wildman–Crippen LogP) is 1.20. The summed E-state index contributed by atoms with van der Waals surface area (Å²) in [4.78, 5) is 32.6. The molecule has 0 aromatic heterocycles. The molecule has 0 spiro atoms. The molecule has 1 aromatic rings.